The number of aromatic amines is 1. The van der Waals surface area contributed by atoms with Crippen molar-refractivity contribution in [3.05, 3.63) is 17.7 Å². The Bertz CT molecular complexity index is 480. The Morgan fingerprint density at radius 2 is 2.29 bits per heavy atom. The predicted molar refractivity (Wildman–Crippen MR) is 79.8 cm³/mol. The molecule has 2 heterocycles. The number of nitrogens with zero attached hydrogens (tertiary/aromatic N) is 2. The molecule has 0 bridgehead atoms. The van der Waals surface area contributed by atoms with Gasteiger partial charge in [-0.15, -0.1) is 0 Å². The van der Waals surface area contributed by atoms with E-state index in [2.05, 4.69) is 9.97 Å². The second-order valence-corrected chi connectivity index (χ2v) is 6.32. The maximum absolute atomic E-state index is 12.6. The molecule has 0 aromatic carbocycles. The zero-order valence-corrected chi connectivity index (χ0v) is 12.8. The summed E-state index contributed by atoms with van der Waals surface area (Å²) in [5, 5.41) is 0. The van der Waals surface area contributed by atoms with Crippen LogP contribution in [-0.2, 0) is 9.53 Å². The monoisotopic (exact) mass is 291 g/mol. The van der Waals surface area contributed by atoms with Crippen molar-refractivity contribution in [1.29, 1.82) is 0 Å². The molecular formula is C16H25N3O2. The first kappa shape index (κ1) is 14.6. The van der Waals surface area contributed by atoms with Crippen molar-refractivity contribution in [3.63, 3.8) is 0 Å². The number of hydrogen-bond acceptors (Lipinski definition) is 3. The van der Waals surface area contributed by atoms with E-state index in [1.807, 2.05) is 18.0 Å². The highest BCUT2D eigenvalue weighted by molar-refractivity contribution is 5.76. The number of carbonyl (C=O) groups excluding carboxylic acids is 1. The molecule has 1 N–H and O–H groups in total. The Hall–Kier alpha value is -1.36. The van der Waals surface area contributed by atoms with Gasteiger partial charge in [-0.3, -0.25) is 4.79 Å². The molecule has 116 valence electrons. The molecule has 5 nitrogen and oxygen atoms in total. The summed E-state index contributed by atoms with van der Waals surface area (Å²) in [4.78, 5) is 22.2. The zero-order chi connectivity index (χ0) is 14.7. The van der Waals surface area contributed by atoms with Gasteiger partial charge in [0.25, 0.3) is 0 Å². The van der Waals surface area contributed by atoms with Gasteiger partial charge in [0.1, 0.15) is 11.9 Å². The van der Waals surface area contributed by atoms with Crippen LogP contribution in [0, 0.1) is 12.8 Å². The molecule has 3 rings (SSSR count). The molecule has 21 heavy (non-hydrogen) atoms. The third-order valence-electron chi connectivity index (χ3n) is 4.73. The summed E-state index contributed by atoms with van der Waals surface area (Å²) in [5.74, 6) is 1.87. The zero-order valence-electron chi connectivity index (χ0n) is 12.8. The fourth-order valence-electron chi connectivity index (χ4n) is 3.50. The third kappa shape index (κ3) is 3.46. The lowest BCUT2D eigenvalue weighted by atomic mass is 10.0. The molecule has 1 aromatic heterocycles. The van der Waals surface area contributed by atoms with Crippen molar-refractivity contribution in [2.45, 2.75) is 51.5 Å². The van der Waals surface area contributed by atoms with Crippen LogP contribution in [-0.4, -0.2) is 40.5 Å². The normalized spacial score (nSPS) is 23.7. The van der Waals surface area contributed by atoms with Crippen LogP contribution in [0.2, 0.25) is 0 Å². The fraction of sp³-hybridized carbons (Fsp3) is 0.750. The van der Waals surface area contributed by atoms with E-state index < -0.39 is 0 Å². The van der Waals surface area contributed by atoms with Crippen LogP contribution >= 0.6 is 0 Å². The van der Waals surface area contributed by atoms with Gasteiger partial charge in [-0.05, 0) is 19.3 Å². The number of carbonyl (C=O) groups is 1. The van der Waals surface area contributed by atoms with Crippen molar-refractivity contribution >= 4 is 5.91 Å². The Morgan fingerprint density at radius 3 is 3.00 bits per heavy atom. The molecule has 1 aliphatic carbocycles. The van der Waals surface area contributed by atoms with E-state index in [0.717, 1.165) is 23.9 Å². The van der Waals surface area contributed by atoms with Crippen LogP contribution in [0.3, 0.4) is 0 Å². The number of ether oxygens (including phenoxy) is 1. The minimum atomic E-state index is -0.0523. The van der Waals surface area contributed by atoms with Crippen LogP contribution in [0.5, 0.6) is 0 Å². The SMILES string of the molecule is Cc1cnc([C@H]2COCCN2C(=O)CCC2CCCC2)[nH]1. The number of imidazole rings is 1. The van der Waals surface area contributed by atoms with Gasteiger partial charge >= 0.3 is 0 Å². The van der Waals surface area contributed by atoms with Gasteiger partial charge < -0.3 is 14.6 Å². The highest BCUT2D eigenvalue weighted by Gasteiger charge is 2.30. The first-order valence-electron chi connectivity index (χ1n) is 8.13. The first-order valence-corrected chi connectivity index (χ1v) is 8.13. The van der Waals surface area contributed by atoms with Crippen molar-refractivity contribution < 1.29 is 9.53 Å². The molecule has 1 saturated heterocycles. The van der Waals surface area contributed by atoms with Gasteiger partial charge in [0.15, 0.2) is 0 Å². The van der Waals surface area contributed by atoms with Crippen LogP contribution in [0.4, 0.5) is 0 Å². The van der Waals surface area contributed by atoms with E-state index in [-0.39, 0.29) is 11.9 Å². The van der Waals surface area contributed by atoms with Crippen LogP contribution < -0.4 is 0 Å². The lowest BCUT2D eigenvalue weighted by molar-refractivity contribution is -0.140. The predicted octanol–water partition coefficient (Wildman–Crippen LogP) is 2.59. The Balaban J connectivity index is 1.61. The molecule has 5 heteroatoms. The lowest BCUT2D eigenvalue weighted by Gasteiger charge is -2.34. The molecule has 1 amide bonds. The smallest absolute Gasteiger partial charge is 0.223 e. The maximum atomic E-state index is 12.6. The topological polar surface area (TPSA) is 58.2 Å². The second-order valence-electron chi connectivity index (χ2n) is 6.32. The van der Waals surface area contributed by atoms with Crippen molar-refractivity contribution in [2.75, 3.05) is 19.8 Å². The molecule has 1 atom stereocenters. The lowest BCUT2D eigenvalue weighted by Crippen LogP contribution is -2.43. The van der Waals surface area contributed by atoms with Gasteiger partial charge in [0.2, 0.25) is 5.91 Å². The summed E-state index contributed by atoms with van der Waals surface area (Å²) in [7, 11) is 0. The summed E-state index contributed by atoms with van der Waals surface area (Å²) >= 11 is 0. The van der Waals surface area contributed by atoms with Gasteiger partial charge in [0, 0.05) is 24.9 Å². The Kier molecular flexibility index (Phi) is 4.58. The van der Waals surface area contributed by atoms with Crippen molar-refractivity contribution in [2.24, 2.45) is 5.92 Å². The number of H-pyrrole nitrogens is 1. The van der Waals surface area contributed by atoms with Gasteiger partial charge in [0.05, 0.1) is 13.2 Å². The number of morpholine rings is 1. The molecule has 0 unspecified atom stereocenters. The second kappa shape index (κ2) is 6.60. The highest BCUT2D eigenvalue weighted by Crippen LogP contribution is 2.30. The average Bonchev–Trinajstić information content (AvgIpc) is 3.16. The average molecular weight is 291 g/mol. The number of rotatable bonds is 4. The number of aryl methyl sites for hydroxylation is 1. The van der Waals surface area contributed by atoms with Crippen LogP contribution in [0.25, 0.3) is 0 Å². The minimum absolute atomic E-state index is 0.0523. The summed E-state index contributed by atoms with van der Waals surface area (Å²) in [5.41, 5.74) is 1.02. The molecule has 0 radical (unpaired) electrons. The number of nitrogens with one attached hydrogen (secondary N) is 1. The van der Waals surface area contributed by atoms with E-state index in [4.69, 9.17) is 4.74 Å². The molecule has 1 aromatic rings. The standard InChI is InChI=1S/C16H25N3O2/c1-12-10-17-16(18-12)14-11-21-9-8-19(14)15(20)7-6-13-4-2-3-5-13/h10,13-14H,2-9,11H2,1H3,(H,17,18)/t14-/m1/s1. The molecule has 1 aliphatic heterocycles. The summed E-state index contributed by atoms with van der Waals surface area (Å²) < 4.78 is 5.55. The highest BCUT2D eigenvalue weighted by atomic mass is 16.5. The van der Waals surface area contributed by atoms with E-state index in [1.54, 1.807) is 0 Å². The molecule has 2 aliphatic rings. The van der Waals surface area contributed by atoms with Crippen molar-refractivity contribution in [1.82, 2.24) is 14.9 Å². The number of amides is 1. The quantitative estimate of drug-likeness (QED) is 0.927. The summed E-state index contributed by atoms with van der Waals surface area (Å²) in [6, 6.07) is -0.0523. The number of hydrogen-bond donors (Lipinski definition) is 1. The van der Waals surface area contributed by atoms with Crippen LogP contribution in [0.1, 0.15) is 56.1 Å². The van der Waals surface area contributed by atoms with Gasteiger partial charge in [-0.1, -0.05) is 25.7 Å². The number of aromatic nitrogens is 2. The van der Waals surface area contributed by atoms with E-state index >= 15 is 0 Å². The first-order chi connectivity index (χ1) is 10.2. The van der Waals surface area contributed by atoms with Gasteiger partial charge in [-0.25, -0.2) is 4.98 Å². The molecular weight excluding hydrogens is 266 g/mol. The Morgan fingerprint density at radius 1 is 1.48 bits per heavy atom. The largest absolute Gasteiger partial charge is 0.377 e. The van der Waals surface area contributed by atoms with E-state index in [9.17, 15) is 4.79 Å². The fourth-order valence-corrected chi connectivity index (χ4v) is 3.50. The summed E-state index contributed by atoms with van der Waals surface area (Å²) in [6.45, 7) is 3.83. The van der Waals surface area contributed by atoms with E-state index in [0.29, 0.717) is 26.2 Å². The maximum Gasteiger partial charge on any atom is 0.223 e. The molecule has 1 saturated carbocycles. The van der Waals surface area contributed by atoms with E-state index in [1.165, 1.54) is 25.7 Å². The summed E-state index contributed by atoms with van der Waals surface area (Å²) in [6.07, 6.45) is 8.80. The molecule has 2 fully saturated rings. The molecule has 0 spiro atoms. The third-order valence-corrected chi connectivity index (χ3v) is 4.73. The van der Waals surface area contributed by atoms with Gasteiger partial charge in [-0.2, -0.15) is 0 Å². The Labute approximate surface area is 126 Å². The van der Waals surface area contributed by atoms with Crippen molar-refractivity contribution in [3.8, 4) is 0 Å². The van der Waals surface area contributed by atoms with Crippen LogP contribution in [0.15, 0.2) is 6.20 Å². The minimum Gasteiger partial charge on any atom is -0.377 e.